The summed E-state index contributed by atoms with van der Waals surface area (Å²) in [5, 5.41) is 17.5. The Balaban J connectivity index is 3.32. The van der Waals surface area contributed by atoms with E-state index in [4.69, 9.17) is 14.6 Å². The summed E-state index contributed by atoms with van der Waals surface area (Å²) in [6.45, 7) is -0.342. The van der Waals surface area contributed by atoms with Crippen LogP contribution in [0.15, 0.2) is 15.3 Å². The number of aliphatic hydroxyl groups excluding tert-OH is 1. The van der Waals surface area contributed by atoms with Crippen LogP contribution in [0, 0.1) is 3.77 Å². The van der Waals surface area contributed by atoms with Gasteiger partial charge >= 0.3 is 0 Å². The highest BCUT2D eigenvalue weighted by atomic mass is 127. The van der Waals surface area contributed by atoms with Crippen molar-refractivity contribution in [1.29, 1.82) is 0 Å². The molecule has 60 valence electrons. The molecular formula is C6H5IO4. The molecule has 11 heavy (non-hydrogen) atoms. The van der Waals surface area contributed by atoms with Gasteiger partial charge in [0, 0.05) is 28.7 Å². The molecule has 2 N–H and O–H groups in total. The maximum Gasteiger partial charge on any atom is 0.228 e. The average molecular weight is 268 g/mol. The summed E-state index contributed by atoms with van der Waals surface area (Å²) < 4.78 is 4.92. The number of rotatable bonds is 1. The predicted octanol–water partition coefficient (Wildman–Crippen LogP) is 0.442. The van der Waals surface area contributed by atoms with E-state index in [9.17, 15) is 4.79 Å². The number of aromatic hydroxyl groups is 1. The van der Waals surface area contributed by atoms with E-state index in [1.54, 1.807) is 22.6 Å². The van der Waals surface area contributed by atoms with Gasteiger partial charge in [0.1, 0.15) is 12.4 Å². The molecule has 0 aliphatic carbocycles. The molecular weight excluding hydrogens is 263 g/mol. The van der Waals surface area contributed by atoms with E-state index in [0.717, 1.165) is 6.07 Å². The Morgan fingerprint density at radius 2 is 2.27 bits per heavy atom. The normalized spacial score (nSPS) is 10.0. The third-order valence-electron chi connectivity index (χ3n) is 1.09. The van der Waals surface area contributed by atoms with Crippen LogP contribution in [-0.4, -0.2) is 10.2 Å². The molecule has 0 atom stereocenters. The van der Waals surface area contributed by atoms with E-state index in [1.165, 1.54) is 0 Å². The smallest absolute Gasteiger partial charge is 0.228 e. The van der Waals surface area contributed by atoms with Gasteiger partial charge in [0.15, 0.2) is 0 Å². The largest absolute Gasteiger partial charge is 0.501 e. The highest BCUT2D eigenvalue weighted by Crippen LogP contribution is 2.15. The summed E-state index contributed by atoms with van der Waals surface area (Å²) in [4.78, 5) is 10.8. The summed E-state index contributed by atoms with van der Waals surface area (Å²) in [6, 6.07) is 1.05. The van der Waals surface area contributed by atoms with Crippen LogP contribution in [-0.2, 0) is 6.61 Å². The van der Waals surface area contributed by atoms with Gasteiger partial charge in [-0.05, 0) is 0 Å². The highest BCUT2D eigenvalue weighted by molar-refractivity contribution is 14.1. The van der Waals surface area contributed by atoms with Gasteiger partial charge in [-0.1, -0.05) is 0 Å². The molecule has 0 aromatic carbocycles. The average Bonchev–Trinajstić information content (AvgIpc) is 1.99. The second-order valence-corrected chi connectivity index (χ2v) is 2.84. The van der Waals surface area contributed by atoms with Crippen LogP contribution >= 0.6 is 22.6 Å². The molecule has 0 spiro atoms. The molecule has 0 amide bonds. The first kappa shape index (κ1) is 8.54. The van der Waals surface area contributed by atoms with Gasteiger partial charge in [-0.15, -0.1) is 0 Å². The molecule has 0 saturated carbocycles. The third-order valence-corrected chi connectivity index (χ3v) is 1.82. The van der Waals surface area contributed by atoms with E-state index in [0.29, 0.717) is 0 Å². The van der Waals surface area contributed by atoms with Gasteiger partial charge in [0.25, 0.3) is 0 Å². The first-order valence-corrected chi connectivity index (χ1v) is 3.85. The molecule has 0 aliphatic heterocycles. The maximum atomic E-state index is 10.8. The quantitative estimate of drug-likeness (QED) is 0.725. The molecule has 0 unspecified atom stereocenters. The minimum Gasteiger partial charge on any atom is -0.501 e. The topological polar surface area (TPSA) is 70.7 Å². The van der Waals surface area contributed by atoms with Crippen molar-refractivity contribution >= 4 is 22.6 Å². The van der Waals surface area contributed by atoms with Gasteiger partial charge in [-0.3, -0.25) is 4.79 Å². The molecule has 4 nitrogen and oxygen atoms in total. The summed E-state index contributed by atoms with van der Waals surface area (Å²) >= 11 is 1.67. The fraction of sp³-hybridized carbons (Fsp3) is 0.167. The summed E-state index contributed by atoms with van der Waals surface area (Å²) in [6.07, 6.45) is 0. The molecule has 0 bridgehead atoms. The number of hydrogen-bond acceptors (Lipinski definition) is 4. The molecule has 0 aliphatic rings. The third kappa shape index (κ3) is 1.72. The van der Waals surface area contributed by atoms with Crippen molar-refractivity contribution in [3.8, 4) is 5.75 Å². The zero-order chi connectivity index (χ0) is 8.43. The Morgan fingerprint density at radius 1 is 1.64 bits per heavy atom. The fourth-order valence-corrected chi connectivity index (χ4v) is 1.13. The van der Waals surface area contributed by atoms with Crippen LogP contribution in [0.3, 0.4) is 0 Å². The molecule has 1 aromatic rings. The highest BCUT2D eigenvalue weighted by Gasteiger charge is 2.06. The van der Waals surface area contributed by atoms with E-state index < -0.39 is 11.2 Å². The minimum atomic E-state index is -0.537. The molecule has 0 saturated heterocycles. The van der Waals surface area contributed by atoms with Crippen molar-refractivity contribution < 1.29 is 14.6 Å². The Hall–Kier alpha value is -0.560. The number of hydrogen-bond donors (Lipinski definition) is 2. The molecule has 1 rings (SSSR count). The molecule has 5 heteroatoms. The minimum absolute atomic E-state index is 0.0964. The van der Waals surface area contributed by atoms with Gasteiger partial charge in [-0.25, -0.2) is 0 Å². The molecule has 1 aromatic heterocycles. The van der Waals surface area contributed by atoms with E-state index in [-0.39, 0.29) is 16.1 Å². The summed E-state index contributed by atoms with van der Waals surface area (Å²) in [5.41, 5.74) is -0.537. The lowest BCUT2D eigenvalue weighted by atomic mass is 10.4. The first-order valence-electron chi connectivity index (χ1n) is 2.77. The van der Waals surface area contributed by atoms with Crippen LogP contribution in [0.1, 0.15) is 5.76 Å². The van der Waals surface area contributed by atoms with E-state index >= 15 is 0 Å². The zero-order valence-corrected chi connectivity index (χ0v) is 7.53. The van der Waals surface area contributed by atoms with Gasteiger partial charge in [0.2, 0.25) is 14.9 Å². The van der Waals surface area contributed by atoms with Crippen LogP contribution in [0.2, 0.25) is 0 Å². The monoisotopic (exact) mass is 268 g/mol. The lowest BCUT2D eigenvalue weighted by Gasteiger charge is -1.97. The Bertz CT molecular complexity index is 317. The van der Waals surface area contributed by atoms with Crippen LogP contribution in [0.5, 0.6) is 5.75 Å². The van der Waals surface area contributed by atoms with Gasteiger partial charge in [-0.2, -0.15) is 0 Å². The van der Waals surface area contributed by atoms with Crippen LogP contribution in [0.25, 0.3) is 0 Å². The molecule has 0 radical (unpaired) electrons. The van der Waals surface area contributed by atoms with Crippen LogP contribution < -0.4 is 5.43 Å². The molecule has 0 fully saturated rings. The predicted molar refractivity (Wildman–Crippen MR) is 45.3 cm³/mol. The second kappa shape index (κ2) is 3.22. The molecule has 1 heterocycles. The Labute approximate surface area is 75.6 Å². The SMILES string of the molecule is O=c1cc(CO)oc(I)c1O. The Morgan fingerprint density at radius 3 is 2.73 bits per heavy atom. The number of aliphatic hydroxyl groups is 1. The second-order valence-electron chi connectivity index (χ2n) is 1.86. The fourth-order valence-electron chi connectivity index (χ4n) is 0.582. The van der Waals surface area contributed by atoms with Crippen molar-refractivity contribution in [3.63, 3.8) is 0 Å². The first-order chi connectivity index (χ1) is 5.15. The van der Waals surface area contributed by atoms with Gasteiger partial charge < -0.3 is 14.6 Å². The van der Waals surface area contributed by atoms with Crippen molar-refractivity contribution in [3.05, 3.63) is 25.8 Å². The van der Waals surface area contributed by atoms with Crippen LogP contribution in [0.4, 0.5) is 0 Å². The lowest BCUT2D eigenvalue weighted by Crippen LogP contribution is -2.02. The van der Waals surface area contributed by atoms with E-state index in [2.05, 4.69) is 0 Å². The Kier molecular flexibility index (Phi) is 2.50. The van der Waals surface area contributed by atoms with Gasteiger partial charge in [0.05, 0.1) is 0 Å². The summed E-state index contributed by atoms with van der Waals surface area (Å²) in [7, 11) is 0. The van der Waals surface area contributed by atoms with Crippen molar-refractivity contribution in [2.45, 2.75) is 6.61 Å². The standard InChI is InChI=1S/C6H5IO4/c7-6-5(10)4(9)1-3(2-8)11-6/h1,8,10H,2H2. The zero-order valence-electron chi connectivity index (χ0n) is 5.37. The summed E-state index contributed by atoms with van der Waals surface area (Å²) in [5.74, 6) is -0.264. The maximum absolute atomic E-state index is 10.8. The van der Waals surface area contributed by atoms with Crippen molar-refractivity contribution in [1.82, 2.24) is 0 Å². The number of halogens is 1. The van der Waals surface area contributed by atoms with Crippen molar-refractivity contribution in [2.75, 3.05) is 0 Å². The van der Waals surface area contributed by atoms with E-state index in [1.807, 2.05) is 0 Å². The van der Waals surface area contributed by atoms with Crippen molar-refractivity contribution in [2.24, 2.45) is 0 Å². The lowest BCUT2D eigenvalue weighted by molar-refractivity contribution is 0.237.